The zero-order chi connectivity index (χ0) is 24.8. The van der Waals surface area contributed by atoms with Crippen molar-refractivity contribution in [3.63, 3.8) is 0 Å². The van der Waals surface area contributed by atoms with Gasteiger partial charge >= 0.3 is 10.8 Å². The van der Waals surface area contributed by atoms with E-state index >= 15 is 0 Å². The van der Waals surface area contributed by atoms with Crippen LogP contribution in [0.25, 0.3) is 0 Å². The van der Waals surface area contributed by atoms with Crippen molar-refractivity contribution in [2.45, 2.75) is 48.9 Å². The van der Waals surface area contributed by atoms with E-state index in [1.807, 2.05) is 26.0 Å². The number of aromatic nitrogens is 1. The summed E-state index contributed by atoms with van der Waals surface area (Å²) in [5.41, 5.74) is 0.968. The molecule has 0 unspecified atom stereocenters. The van der Waals surface area contributed by atoms with Crippen molar-refractivity contribution < 1.29 is 24.6 Å². The second kappa shape index (κ2) is 7.96. The van der Waals surface area contributed by atoms with Crippen molar-refractivity contribution in [2.24, 2.45) is 35.5 Å². The Labute approximate surface area is 209 Å². The molecule has 3 heterocycles. The van der Waals surface area contributed by atoms with E-state index in [-0.39, 0.29) is 63.7 Å². The topological polar surface area (TPSA) is 128 Å². The van der Waals surface area contributed by atoms with Crippen molar-refractivity contribution in [3.05, 3.63) is 44.4 Å². The van der Waals surface area contributed by atoms with E-state index in [1.165, 1.54) is 11.3 Å². The fourth-order valence-electron chi connectivity index (χ4n) is 7.17. The van der Waals surface area contributed by atoms with Gasteiger partial charge in [0.25, 0.3) is 0 Å². The van der Waals surface area contributed by atoms with Gasteiger partial charge in [0.1, 0.15) is 11.8 Å². The van der Waals surface area contributed by atoms with Gasteiger partial charge in [0, 0.05) is 16.0 Å². The van der Waals surface area contributed by atoms with Crippen LogP contribution in [0.4, 0.5) is 0 Å². The monoisotopic (exact) mass is 514 g/mol. The van der Waals surface area contributed by atoms with Gasteiger partial charge in [0.05, 0.1) is 16.9 Å². The molecular formula is C25H26N2O6S2. The van der Waals surface area contributed by atoms with E-state index in [4.69, 9.17) is 0 Å². The number of phenols is 1. The van der Waals surface area contributed by atoms with Crippen LogP contribution in [0.1, 0.15) is 43.0 Å². The van der Waals surface area contributed by atoms with Gasteiger partial charge in [0.2, 0.25) is 11.8 Å². The number of phenolic OH excluding ortho intramolecular Hbond substituents is 1. The van der Waals surface area contributed by atoms with E-state index in [2.05, 4.69) is 4.98 Å². The Bertz CT molecular complexity index is 1280. The van der Waals surface area contributed by atoms with E-state index in [9.17, 15) is 29.4 Å². The number of carboxylic acids is 1. The molecule has 184 valence electrons. The van der Waals surface area contributed by atoms with Crippen LogP contribution in [-0.2, 0) is 14.4 Å². The lowest BCUT2D eigenvalue weighted by Crippen LogP contribution is -2.47. The number of imide groups is 1. The van der Waals surface area contributed by atoms with Gasteiger partial charge in [-0.3, -0.25) is 19.3 Å². The molecule has 2 amide bonds. The minimum absolute atomic E-state index is 0.0266. The summed E-state index contributed by atoms with van der Waals surface area (Å²) in [5.74, 6) is -2.86. The Morgan fingerprint density at radius 2 is 1.77 bits per heavy atom. The molecule has 4 aliphatic rings. The van der Waals surface area contributed by atoms with Gasteiger partial charge < -0.3 is 15.2 Å². The fourth-order valence-corrected chi connectivity index (χ4v) is 10.1. The quantitative estimate of drug-likeness (QED) is 0.523. The average Bonchev–Trinajstić information content (AvgIpc) is 3.52. The average molecular weight is 515 g/mol. The lowest BCUT2D eigenvalue weighted by Gasteiger charge is -2.43. The van der Waals surface area contributed by atoms with Crippen molar-refractivity contribution >= 4 is 40.9 Å². The molecule has 35 heavy (non-hydrogen) atoms. The van der Waals surface area contributed by atoms with E-state index in [0.29, 0.717) is 0 Å². The molecule has 2 saturated carbocycles. The lowest BCUT2D eigenvalue weighted by molar-refractivity contribution is -0.156. The maximum absolute atomic E-state index is 13.7. The van der Waals surface area contributed by atoms with Gasteiger partial charge in [0.15, 0.2) is 0 Å². The molecule has 2 bridgehead atoms. The molecule has 2 aliphatic carbocycles. The van der Waals surface area contributed by atoms with Crippen LogP contribution in [0, 0.1) is 35.5 Å². The number of nitrogens with zero attached hydrogens (tertiary/aromatic N) is 1. The minimum Gasteiger partial charge on any atom is -0.508 e. The second-order valence-corrected chi connectivity index (χ2v) is 12.8. The molecule has 0 radical (unpaired) electrons. The molecule has 8 nitrogen and oxygen atoms in total. The number of hydrogen-bond acceptors (Lipinski definition) is 7. The maximum atomic E-state index is 13.7. The highest BCUT2D eigenvalue weighted by Gasteiger charge is 2.70. The molecule has 2 aliphatic heterocycles. The first-order valence-electron chi connectivity index (χ1n) is 12.0. The minimum atomic E-state index is -1.14. The standard InChI is InChI=1S/C25H26N2O6S2/c1-9(2)7-14(24(31)32)27-22(29)17-12-8-13(18(17)23(27)30)19-16(12)15(10-3-5-11(28)6-4-10)20-21(34-19)26-25(33)35-20/h3-6,9,12-19,28H,7-8H2,1-2H3,(H,26,33)(H,31,32)/t12-,13-,14-,15+,16-,17+,18-,19-/m1/s1. The first-order chi connectivity index (χ1) is 16.7. The Kier molecular flexibility index (Phi) is 5.20. The molecule has 8 atom stereocenters. The number of aromatic amines is 1. The third-order valence-corrected chi connectivity index (χ3v) is 10.9. The van der Waals surface area contributed by atoms with Crippen LogP contribution in [0.5, 0.6) is 5.75 Å². The highest BCUT2D eigenvalue weighted by molar-refractivity contribution is 8.00. The number of thioether (sulfide) groups is 1. The number of H-pyrrole nitrogens is 1. The van der Waals surface area contributed by atoms with E-state index < -0.39 is 23.8 Å². The van der Waals surface area contributed by atoms with Crippen molar-refractivity contribution in [1.82, 2.24) is 9.88 Å². The van der Waals surface area contributed by atoms with E-state index in [0.717, 1.165) is 26.8 Å². The van der Waals surface area contributed by atoms with E-state index in [1.54, 1.807) is 23.9 Å². The van der Waals surface area contributed by atoms with Crippen LogP contribution >= 0.6 is 23.1 Å². The fraction of sp³-hybridized carbons (Fsp3) is 0.520. The van der Waals surface area contributed by atoms with Gasteiger partial charge in [-0.15, -0.1) is 11.8 Å². The number of aromatic hydroxyl groups is 1. The summed E-state index contributed by atoms with van der Waals surface area (Å²) in [5, 5.41) is 20.6. The summed E-state index contributed by atoms with van der Waals surface area (Å²) < 4.78 is 0. The van der Waals surface area contributed by atoms with Crippen molar-refractivity contribution in [3.8, 4) is 5.75 Å². The summed E-state index contributed by atoms with van der Waals surface area (Å²) in [4.78, 5) is 56.4. The third kappa shape index (κ3) is 3.25. The Balaban J connectivity index is 1.42. The van der Waals surface area contributed by atoms with Crippen LogP contribution in [0.2, 0.25) is 0 Å². The van der Waals surface area contributed by atoms with Crippen LogP contribution in [0.3, 0.4) is 0 Å². The number of likely N-dealkylation sites (tertiary alicyclic amines) is 1. The first-order valence-corrected chi connectivity index (χ1v) is 13.6. The number of benzene rings is 1. The number of rotatable bonds is 5. The number of carboxylic acid groups (broad SMARTS) is 1. The molecule has 1 aromatic heterocycles. The van der Waals surface area contributed by atoms with Gasteiger partial charge in [-0.25, -0.2) is 4.79 Å². The summed E-state index contributed by atoms with van der Waals surface area (Å²) in [7, 11) is 0. The normalized spacial score (nSPS) is 33.7. The zero-order valence-electron chi connectivity index (χ0n) is 19.2. The molecule has 6 rings (SSSR count). The Hall–Kier alpha value is -2.59. The van der Waals surface area contributed by atoms with Crippen LogP contribution < -0.4 is 4.87 Å². The molecule has 1 aromatic carbocycles. The van der Waals surface area contributed by atoms with Crippen LogP contribution in [-0.4, -0.2) is 49.2 Å². The van der Waals surface area contributed by atoms with Gasteiger partial charge in [-0.1, -0.05) is 37.3 Å². The summed E-state index contributed by atoms with van der Waals surface area (Å²) >= 11 is 2.78. The van der Waals surface area contributed by atoms with Crippen molar-refractivity contribution in [2.75, 3.05) is 0 Å². The molecule has 2 aromatic rings. The Morgan fingerprint density at radius 3 is 2.40 bits per heavy atom. The molecule has 3 fully saturated rings. The molecule has 1 saturated heterocycles. The molecule has 0 spiro atoms. The Morgan fingerprint density at radius 1 is 1.11 bits per heavy atom. The predicted molar refractivity (Wildman–Crippen MR) is 129 cm³/mol. The number of carbonyl (C=O) groups excluding carboxylic acids is 2. The number of carbonyl (C=O) groups is 3. The van der Waals surface area contributed by atoms with Gasteiger partial charge in [-0.05, 0) is 54.2 Å². The summed E-state index contributed by atoms with van der Waals surface area (Å²) in [6.07, 6.45) is 0.983. The smallest absolute Gasteiger partial charge is 0.326 e. The maximum Gasteiger partial charge on any atom is 0.326 e. The number of aliphatic carboxylic acids is 1. The van der Waals surface area contributed by atoms with Crippen molar-refractivity contribution in [1.29, 1.82) is 0 Å². The number of thiazole rings is 1. The summed E-state index contributed by atoms with van der Waals surface area (Å²) in [6, 6.07) is 5.85. The second-order valence-electron chi connectivity index (χ2n) is 10.6. The predicted octanol–water partition coefficient (Wildman–Crippen LogP) is 3.11. The van der Waals surface area contributed by atoms with Crippen LogP contribution in [0.15, 0.2) is 34.1 Å². The molecule has 3 N–H and O–H groups in total. The van der Waals surface area contributed by atoms with Gasteiger partial charge in [-0.2, -0.15) is 0 Å². The first kappa shape index (κ1) is 22.8. The third-order valence-electron chi connectivity index (χ3n) is 8.30. The highest BCUT2D eigenvalue weighted by Crippen LogP contribution is 2.68. The molecular weight excluding hydrogens is 488 g/mol. The lowest BCUT2D eigenvalue weighted by atomic mass is 9.68. The zero-order valence-corrected chi connectivity index (χ0v) is 20.8. The number of amides is 2. The number of nitrogens with one attached hydrogen (secondary N) is 1. The highest BCUT2D eigenvalue weighted by atomic mass is 32.2. The number of hydrogen-bond donors (Lipinski definition) is 3. The summed E-state index contributed by atoms with van der Waals surface area (Å²) in [6.45, 7) is 3.77. The number of fused-ring (bicyclic) bond motifs is 9. The SMILES string of the molecule is CC(C)C[C@H](C(=O)O)N1C(=O)[C@@H]2[C@H]3C[C@@H]([C@@H]2C1=O)[C@@H]1[C@H](c2ccc(O)cc2)c2sc(=O)[nH]c2S[C@H]31. The molecule has 10 heteroatoms. The largest absolute Gasteiger partial charge is 0.508 e.